The highest BCUT2D eigenvalue weighted by Gasteiger charge is 2.11. The van der Waals surface area contributed by atoms with Gasteiger partial charge in [-0.2, -0.15) is 0 Å². The molecule has 3 rings (SSSR count). The van der Waals surface area contributed by atoms with Gasteiger partial charge in [-0.05, 0) is 41.5 Å². The third-order valence-corrected chi connectivity index (χ3v) is 3.89. The van der Waals surface area contributed by atoms with Crippen LogP contribution < -0.4 is 5.73 Å². The van der Waals surface area contributed by atoms with Crippen LogP contribution in [0.15, 0.2) is 59.2 Å². The Balaban J connectivity index is 2.05. The molecule has 0 spiro atoms. The maximum atomic E-state index is 6.33. The Kier molecular flexibility index (Phi) is 3.74. The van der Waals surface area contributed by atoms with Crippen molar-refractivity contribution in [2.75, 3.05) is 0 Å². The number of benzene rings is 2. The van der Waals surface area contributed by atoms with Crippen molar-refractivity contribution in [2.45, 2.75) is 6.04 Å². The predicted molar refractivity (Wildman–Crippen MR) is 86.9 cm³/mol. The van der Waals surface area contributed by atoms with Gasteiger partial charge < -0.3 is 5.73 Å². The lowest BCUT2D eigenvalue weighted by Gasteiger charge is -2.14. The Morgan fingerprint density at radius 2 is 1.85 bits per heavy atom. The summed E-state index contributed by atoms with van der Waals surface area (Å²) in [5.41, 5.74) is 9.22. The summed E-state index contributed by atoms with van der Waals surface area (Å²) < 4.78 is 0.921. The topological polar surface area (TPSA) is 38.9 Å². The van der Waals surface area contributed by atoms with Crippen molar-refractivity contribution in [1.29, 1.82) is 0 Å². The Hall–Kier alpha value is -1.42. The first-order valence-electron chi connectivity index (χ1n) is 6.20. The van der Waals surface area contributed by atoms with Crippen molar-refractivity contribution < 1.29 is 0 Å². The average molecular weight is 348 g/mol. The van der Waals surface area contributed by atoms with Crippen molar-refractivity contribution in [3.8, 4) is 0 Å². The summed E-state index contributed by atoms with van der Waals surface area (Å²) >= 11 is 9.51. The van der Waals surface area contributed by atoms with E-state index in [-0.39, 0.29) is 6.04 Å². The Labute approximate surface area is 130 Å². The van der Waals surface area contributed by atoms with Gasteiger partial charge in [-0.3, -0.25) is 4.98 Å². The molecule has 1 heterocycles. The van der Waals surface area contributed by atoms with Crippen molar-refractivity contribution in [2.24, 2.45) is 5.73 Å². The Morgan fingerprint density at radius 1 is 1.05 bits per heavy atom. The first-order valence-corrected chi connectivity index (χ1v) is 7.37. The molecule has 1 atom stereocenters. The molecular formula is C16H12BrClN2. The fraction of sp³-hybridized carbons (Fsp3) is 0.0625. The number of pyridine rings is 1. The highest BCUT2D eigenvalue weighted by Crippen LogP contribution is 2.27. The molecule has 1 aromatic heterocycles. The van der Waals surface area contributed by atoms with E-state index in [2.05, 4.69) is 27.0 Å². The van der Waals surface area contributed by atoms with Gasteiger partial charge in [0.05, 0.1) is 11.6 Å². The smallest absolute Gasteiger partial charge is 0.0702 e. The van der Waals surface area contributed by atoms with Gasteiger partial charge in [0.15, 0.2) is 0 Å². The standard InChI is InChI=1S/C16H12BrClN2/c17-13-6-11(7-14(18)8-13)16(19)12-5-10-3-1-2-4-15(10)20-9-12/h1-9,16H,19H2. The summed E-state index contributed by atoms with van der Waals surface area (Å²) in [6.07, 6.45) is 1.82. The summed E-state index contributed by atoms with van der Waals surface area (Å²) in [4.78, 5) is 4.45. The summed E-state index contributed by atoms with van der Waals surface area (Å²) in [5, 5.41) is 1.75. The zero-order valence-corrected chi connectivity index (χ0v) is 12.9. The van der Waals surface area contributed by atoms with Crippen LogP contribution in [0.2, 0.25) is 5.02 Å². The first-order chi connectivity index (χ1) is 9.63. The number of rotatable bonds is 2. The number of hydrogen-bond acceptors (Lipinski definition) is 2. The molecule has 0 fully saturated rings. The third-order valence-electron chi connectivity index (χ3n) is 3.21. The minimum Gasteiger partial charge on any atom is -0.320 e. The van der Waals surface area contributed by atoms with E-state index >= 15 is 0 Å². The number of nitrogens with zero attached hydrogens (tertiary/aromatic N) is 1. The SMILES string of the molecule is NC(c1cc(Cl)cc(Br)c1)c1cnc2ccccc2c1. The lowest BCUT2D eigenvalue weighted by Crippen LogP contribution is -2.12. The van der Waals surface area contributed by atoms with Crippen LogP contribution in [0.1, 0.15) is 17.2 Å². The molecule has 3 aromatic rings. The van der Waals surface area contributed by atoms with E-state index in [4.69, 9.17) is 17.3 Å². The van der Waals surface area contributed by atoms with Crippen LogP contribution in [0, 0.1) is 0 Å². The quantitative estimate of drug-likeness (QED) is 0.730. The summed E-state index contributed by atoms with van der Waals surface area (Å²) in [5.74, 6) is 0. The van der Waals surface area contributed by atoms with Crippen molar-refractivity contribution in [1.82, 2.24) is 4.98 Å². The summed E-state index contributed by atoms with van der Waals surface area (Å²) in [6, 6.07) is 15.5. The predicted octanol–water partition coefficient (Wildman–Crippen LogP) is 4.70. The molecule has 0 amide bonds. The lowest BCUT2D eigenvalue weighted by molar-refractivity contribution is 0.866. The zero-order valence-electron chi connectivity index (χ0n) is 10.6. The monoisotopic (exact) mass is 346 g/mol. The number of fused-ring (bicyclic) bond motifs is 1. The molecule has 0 aliphatic rings. The van der Waals surface area contributed by atoms with Gasteiger partial charge in [-0.25, -0.2) is 0 Å². The molecule has 2 aromatic carbocycles. The minimum atomic E-state index is -0.248. The lowest BCUT2D eigenvalue weighted by atomic mass is 10.00. The molecule has 4 heteroatoms. The van der Waals surface area contributed by atoms with E-state index in [1.807, 2.05) is 48.7 Å². The molecule has 0 saturated carbocycles. The normalized spacial score (nSPS) is 12.6. The fourth-order valence-corrected chi connectivity index (χ4v) is 3.09. The van der Waals surface area contributed by atoms with E-state index in [9.17, 15) is 0 Å². The molecule has 100 valence electrons. The molecule has 0 aliphatic heterocycles. The molecule has 20 heavy (non-hydrogen) atoms. The number of aromatic nitrogens is 1. The van der Waals surface area contributed by atoms with Gasteiger partial charge in [-0.15, -0.1) is 0 Å². The van der Waals surface area contributed by atoms with Crippen LogP contribution in [-0.4, -0.2) is 4.98 Å². The molecular weight excluding hydrogens is 336 g/mol. The molecule has 0 bridgehead atoms. The van der Waals surface area contributed by atoms with E-state index < -0.39 is 0 Å². The Morgan fingerprint density at radius 3 is 2.65 bits per heavy atom. The molecule has 2 N–H and O–H groups in total. The van der Waals surface area contributed by atoms with Crippen LogP contribution >= 0.6 is 27.5 Å². The highest BCUT2D eigenvalue weighted by atomic mass is 79.9. The molecule has 2 nitrogen and oxygen atoms in total. The van der Waals surface area contributed by atoms with E-state index in [0.717, 1.165) is 26.5 Å². The van der Waals surface area contributed by atoms with Gasteiger partial charge in [0, 0.05) is 21.1 Å². The average Bonchev–Trinajstić information content (AvgIpc) is 2.45. The highest BCUT2D eigenvalue weighted by molar-refractivity contribution is 9.10. The molecule has 0 saturated heterocycles. The maximum Gasteiger partial charge on any atom is 0.0702 e. The second-order valence-corrected chi connectivity index (χ2v) is 5.99. The van der Waals surface area contributed by atoms with Gasteiger partial charge in [0.1, 0.15) is 0 Å². The number of para-hydroxylation sites is 1. The largest absolute Gasteiger partial charge is 0.320 e. The first kappa shape index (κ1) is 13.6. The van der Waals surface area contributed by atoms with Crippen LogP contribution in [0.3, 0.4) is 0 Å². The number of nitrogens with two attached hydrogens (primary N) is 1. The second kappa shape index (κ2) is 5.52. The second-order valence-electron chi connectivity index (χ2n) is 4.64. The van der Waals surface area contributed by atoms with Gasteiger partial charge in [-0.1, -0.05) is 45.7 Å². The van der Waals surface area contributed by atoms with Crippen LogP contribution in [0.4, 0.5) is 0 Å². The van der Waals surface area contributed by atoms with Gasteiger partial charge in [0.25, 0.3) is 0 Å². The minimum absolute atomic E-state index is 0.248. The fourth-order valence-electron chi connectivity index (χ4n) is 2.21. The van der Waals surface area contributed by atoms with Crippen LogP contribution in [0.5, 0.6) is 0 Å². The van der Waals surface area contributed by atoms with E-state index in [1.54, 1.807) is 0 Å². The van der Waals surface area contributed by atoms with Crippen LogP contribution in [0.25, 0.3) is 10.9 Å². The summed E-state index contributed by atoms with van der Waals surface area (Å²) in [7, 11) is 0. The van der Waals surface area contributed by atoms with E-state index in [0.29, 0.717) is 5.02 Å². The number of hydrogen-bond donors (Lipinski definition) is 1. The van der Waals surface area contributed by atoms with Crippen molar-refractivity contribution >= 4 is 38.4 Å². The van der Waals surface area contributed by atoms with E-state index in [1.165, 1.54) is 0 Å². The molecule has 1 unspecified atom stereocenters. The summed E-state index contributed by atoms with van der Waals surface area (Å²) in [6.45, 7) is 0. The molecule has 0 radical (unpaired) electrons. The van der Waals surface area contributed by atoms with Gasteiger partial charge in [0.2, 0.25) is 0 Å². The third kappa shape index (κ3) is 2.70. The van der Waals surface area contributed by atoms with Gasteiger partial charge >= 0.3 is 0 Å². The van der Waals surface area contributed by atoms with Crippen LogP contribution in [-0.2, 0) is 0 Å². The zero-order chi connectivity index (χ0) is 14.1. The van der Waals surface area contributed by atoms with Crippen molar-refractivity contribution in [3.63, 3.8) is 0 Å². The number of halogens is 2. The Bertz CT molecular complexity index is 753. The van der Waals surface area contributed by atoms with Crippen molar-refractivity contribution in [3.05, 3.63) is 75.4 Å². The molecule has 0 aliphatic carbocycles. The maximum absolute atomic E-state index is 6.33.